The summed E-state index contributed by atoms with van der Waals surface area (Å²) in [5.74, 6) is 0. The van der Waals surface area contributed by atoms with Gasteiger partial charge in [-0.1, -0.05) is 32.0 Å². The van der Waals surface area contributed by atoms with Gasteiger partial charge >= 0.3 is 0 Å². The first kappa shape index (κ1) is 21.5. The number of sulfonamides is 1. The number of hydrazone groups is 1. The summed E-state index contributed by atoms with van der Waals surface area (Å²) >= 11 is 0. The third-order valence-electron chi connectivity index (χ3n) is 4.82. The van der Waals surface area contributed by atoms with Crippen LogP contribution in [0.5, 0.6) is 0 Å². The number of aromatic amines is 1. The van der Waals surface area contributed by atoms with Gasteiger partial charge in [0.1, 0.15) is 4.90 Å². The Morgan fingerprint density at radius 1 is 1.20 bits per heavy atom. The zero-order chi connectivity index (χ0) is 21.9. The number of benzene rings is 2. The highest BCUT2D eigenvalue weighted by atomic mass is 32.2. The Hall–Kier alpha value is -3.24. The molecule has 1 aromatic heterocycles. The van der Waals surface area contributed by atoms with Crippen LogP contribution in [0.3, 0.4) is 0 Å². The van der Waals surface area contributed by atoms with E-state index in [4.69, 9.17) is 0 Å². The van der Waals surface area contributed by atoms with Gasteiger partial charge in [0.15, 0.2) is 0 Å². The van der Waals surface area contributed by atoms with E-state index in [1.807, 2.05) is 31.2 Å². The maximum Gasteiger partial charge on any atom is 0.270 e. The van der Waals surface area contributed by atoms with E-state index in [0.717, 1.165) is 28.2 Å². The van der Waals surface area contributed by atoms with Crippen molar-refractivity contribution in [2.24, 2.45) is 5.10 Å². The number of nitro benzene ring substituents is 1. The van der Waals surface area contributed by atoms with Crippen molar-refractivity contribution in [3.05, 3.63) is 63.8 Å². The minimum atomic E-state index is -3.93. The van der Waals surface area contributed by atoms with Gasteiger partial charge in [-0.2, -0.15) is 9.41 Å². The number of hydrogen-bond acceptors (Lipinski definition) is 6. The zero-order valence-electron chi connectivity index (χ0n) is 16.9. The molecule has 0 atom stereocenters. The van der Waals surface area contributed by atoms with Gasteiger partial charge in [0.25, 0.3) is 5.69 Å². The molecule has 1 heterocycles. The van der Waals surface area contributed by atoms with Gasteiger partial charge in [0.05, 0.1) is 16.8 Å². The predicted octanol–water partition coefficient (Wildman–Crippen LogP) is 3.86. The van der Waals surface area contributed by atoms with Gasteiger partial charge in [-0.05, 0) is 19.1 Å². The van der Waals surface area contributed by atoms with Crippen molar-refractivity contribution in [3.8, 4) is 0 Å². The molecule has 158 valence electrons. The minimum absolute atomic E-state index is 0.168. The number of nitrogens with zero attached hydrogens (tertiary/aromatic N) is 3. The third kappa shape index (κ3) is 4.05. The second-order valence-corrected chi connectivity index (χ2v) is 8.51. The van der Waals surface area contributed by atoms with Crippen LogP contribution in [0.2, 0.25) is 0 Å². The monoisotopic (exact) mass is 429 g/mol. The van der Waals surface area contributed by atoms with Gasteiger partial charge in [-0.15, -0.1) is 0 Å². The van der Waals surface area contributed by atoms with E-state index in [-0.39, 0.29) is 29.4 Å². The minimum Gasteiger partial charge on any atom is -0.358 e. The summed E-state index contributed by atoms with van der Waals surface area (Å²) in [6.45, 7) is 5.84. The normalized spacial score (nSPS) is 12.1. The molecule has 0 spiro atoms. The standard InChI is InChI=1S/C20H23N5O4S/c1-4-24(5-2)30(28,29)20-12-15(25(26)27)10-11-19(20)23-21-13-17-14(3)22-18-9-7-6-8-16(17)18/h6-13,22-23H,4-5H2,1-3H3/b21-13+. The molecule has 0 aliphatic rings. The Morgan fingerprint density at radius 2 is 1.90 bits per heavy atom. The van der Waals surface area contributed by atoms with Gasteiger partial charge in [0, 0.05) is 47.4 Å². The van der Waals surface area contributed by atoms with Crippen molar-refractivity contribution >= 4 is 38.5 Å². The van der Waals surface area contributed by atoms with Crippen LogP contribution in [-0.2, 0) is 10.0 Å². The quantitative estimate of drug-likeness (QED) is 0.320. The van der Waals surface area contributed by atoms with Crippen LogP contribution in [0.25, 0.3) is 10.9 Å². The summed E-state index contributed by atoms with van der Waals surface area (Å²) in [5.41, 5.74) is 5.37. The van der Waals surface area contributed by atoms with E-state index < -0.39 is 14.9 Å². The molecule has 0 amide bonds. The van der Waals surface area contributed by atoms with Gasteiger partial charge in [-0.3, -0.25) is 15.5 Å². The first-order chi connectivity index (χ1) is 14.3. The fourth-order valence-corrected chi connectivity index (χ4v) is 4.88. The highest BCUT2D eigenvalue weighted by Gasteiger charge is 2.27. The lowest BCUT2D eigenvalue weighted by molar-refractivity contribution is -0.385. The fourth-order valence-electron chi connectivity index (χ4n) is 3.26. The average molecular weight is 430 g/mol. The lowest BCUT2D eigenvalue weighted by Gasteiger charge is -2.20. The molecule has 2 N–H and O–H groups in total. The second kappa shape index (κ2) is 8.64. The van der Waals surface area contributed by atoms with Crippen LogP contribution < -0.4 is 5.43 Å². The van der Waals surface area contributed by atoms with E-state index in [2.05, 4.69) is 15.5 Å². The Balaban J connectivity index is 2.00. The summed E-state index contributed by atoms with van der Waals surface area (Å²) in [6.07, 6.45) is 1.60. The molecule has 0 unspecified atom stereocenters. The lowest BCUT2D eigenvalue weighted by atomic mass is 10.1. The van der Waals surface area contributed by atoms with Crippen LogP contribution in [0.1, 0.15) is 25.1 Å². The van der Waals surface area contributed by atoms with E-state index in [0.29, 0.717) is 0 Å². The molecular weight excluding hydrogens is 406 g/mol. The van der Waals surface area contributed by atoms with E-state index in [1.54, 1.807) is 20.1 Å². The van der Waals surface area contributed by atoms with E-state index in [9.17, 15) is 18.5 Å². The van der Waals surface area contributed by atoms with Gasteiger partial charge in [0.2, 0.25) is 10.0 Å². The molecule has 0 aliphatic carbocycles. The molecule has 3 aromatic rings. The number of rotatable bonds is 8. The van der Waals surface area contributed by atoms with Crippen LogP contribution >= 0.6 is 0 Å². The topological polar surface area (TPSA) is 121 Å². The molecule has 0 radical (unpaired) electrons. The van der Waals surface area contributed by atoms with Gasteiger partial charge < -0.3 is 4.98 Å². The number of para-hydroxylation sites is 1. The summed E-state index contributed by atoms with van der Waals surface area (Å²) < 4.78 is 27.3. The SMILES string of the molecule is CCN(CC)S(=O)(=O)c1cc([N+](=O)[O-])ccc1N/N=C/c1c(C)[nH]c2ccccc12. The number of H-pyrrole nitrogens is 1. The number of nitro groups is 1. The van der Waals surface area contributed by atoms with Crippen LogP contribution in [0.15, 0.2) is 52.5 Å². The maximum absolute atomic E-state index is 13.0. The summed E-state index contributed by atoms with van der Waals surface area (Å²) in [5, 5.41) is 16.4. The van der Waals surface area contributed by atoms with Crippen molar-refractivity contribution in [1.29, 1.82) is 0 Å². The predicted molar refractivity (Wildman–Crippen MR) is 117 cm³/mol. The van der Waals surface area contributed by atoms with Crippen LogP contribution in [0.4, 0.5) is 11.4 Å². The van der Waals surface area contributed by atoms with Crippen molar-refractivity contribution in [2.75, 3.05) is 18.5 Å². The summed E-state index contributed by atoms with van der Waals surface area (Å²) in [7, 11) is -3.93. The molecule has 0 fully saturated rings. The number of nitrogens with one attached hydrogen (secondary N) is 2. The van der Waals surface area contributed by atoms with Crippen molar-refractivity contribution < 1.29 is 13.3 Å². The lowest BCUT2D eigenvalue weighted by Crippen LogP contribution is -2.31. The number of non-ortho nitro benzene ring substituents is 1. The smallest absolute Gasteiger partial charge is 0.270 e. The molecule has 0 bridgehead atoms. The second-order valence-electron chi connectivity index (χ2n) is 6.61. The van der Waals surface area contributed by atoms with Crippen LogP contribution in [0, 0.1) is 17.0 Å². The number of aryl methyl sites for hydroxylation is 1. The number of hydrogen-bond donors (Lipinski definition) is 2. The molecule has 10 heteroatoms. The Morgan fingerprint density at radius 3 is 2.57 bits per heavy atom. The molecule has 0 saturated carbocycles. The highest BCUT2D eigenvalue weighted by Crippen LogP contribution is 2.29. The molecule has 0 aliphatic heterocycles. The van der Waals surface area contributed by atoms with Crippen molar-refractivity contribution in [2.45, 2.75) is 25.7 Å². The Labute approximate surface area is 174 Å². The highest BCUT2D eigenvalue weighted by molar-refractivity contribution is 7.89. The number of fused-ring (bicyclic) bond motifs is 1. The van der Waals surface area contributed by atoms with E-state index >= 15 is 0 Å². The molecular formula is C20H23N5O4S. The zero-order valence-corrected chi connectivity index (χ0v) is 17.7. The Kier molecular flexibility index (Phi) is 6.18. The molecule has 30 heavy (non-hydrogen) atoms. The number of aromatic nitrogens is 1. The van der Waals surface area contributed by atoms with Crippen molar-refractivity contribution in [1.82, 2.24) is 9.29 Å². The largest absolute Gasteiger partial charge is 0.358 e. The molecule has 3 rings (SSSR count). The number of anilines is 1. The maximum atomic E-state index is 13.0. The fraction of sp³-hybridized carbons (Fsp3) is 0.250. The van der Waals surface area contributed by atoms with Crippen LogP contribution in [-0.4, -0.2) is 41.9 Å². The summed E-state index contributed by atoms with van der Waals surface area (Å²) in [4.78, 5) is 13.6. The Bertz CT molecular complexity index is 1210. The van der Waals surface area contributed by atoms with Crippen molar-refractivity contribution in [3.63, 3.8) is 0 Å². The summed E-state index contributed by atoms with van der Waals surface area (Å²) in [6, 6.07) is 11.4. The van der Waals surface area contributed by atoms with Gasteiger partial charge in [-0.25, -0.2) is 8.42 Å². The molecule has 0 saturated heterocycles. The third-order valence-corrected chi connectivity index (χ3v) is 6.91. The first-order valence-electron chi connectivity index (χ1n) is 9.44. The first-order valence-corrected chi connectivity index (χ1v) is 10.9. The van der Waals surface area contributed by atoms with E-state index in [1.165, 1.54) is 16.4 Å². The molecule has 2 aromatic carbocycles. The average Bonchev–Trinajstić information content (AvgIpc) is 3.04. The molecule has 9 nitrogen and oxygen atoms in total.